The van der Waals surface area contributed by atoms with Gasteiger partial charge >= 0.3 is 0 Å². The van der Waals surface area contributed by atoms with Gasteiger partial charge in [-0.15, -0.1) is 0 Å². The van der Waals surface area contributed by atoms with Gasteiger partial charge in [0.05, 0.1) is 0 Å². The number of hydrogen-bond donors (Lipinski definition) is 0. The number of halogens is 4. The molecule has 1 atom stereocenters. The smallest absolute Gasteiger partial charge is 0.161 e. The monoisotopic (exact) mass is 348 g/mol. The van der Waals surface area contributed by atoms with E-state index in [-0.39, 0.29) is 15.8 Å². The van der Waals surface area contributed by atoms with Crippen LogP contribution in [0.15, 0.2) is 12.1 Å². The van der Waals surface area contributed by atoms with E-state index in [4.69, 9.17) is 0 Å². The Bertz CT molecular complexity index is 479. The van der Waals surface area contributed by atoms with E-state index in [0.717, 1.165) is 38.2 Å². The van der Waals surface area contributed by atoms with Crippen molar-refractivity contribution in [3.05, 3.63) is 35.1 Å². The highest BCUT2D eigenvalue weighted by Crippen LogP contribution is 2.55. The van der Waals surface area contributed by atoms with Crippen LogP contribution < -0.4 is 0 Å². The molecular weight excluding hydrogens is 329 g/mol. The Balaban J connectivity index is 2.37. The lowest BCUT2D eigenvalue weighted by Gasteiger charge is -2.36. The molecule has 1 unspecified atom stereocenters. The normalized spacial score (nSPS) is 19.6. The lowest BCUT2D eigenvalue weighted by atomic mass is 9.74. The third kappa shape index (κ3) is 3.05. The first kappa shape index (κ1) is 15.9. The van der Waals surface area contributed by atoms with E-state index in [2.05, 4.69) is 29.8 Å². The molecule has 0 nitrogen and oxygen atoms in total. The lowest BCUT2D eigenvalue weighted by Crippen LogP contribution is -2.25. The Labute approximate surface area is 126 Å². The number of benzene rings is 1. The Hall–Kier alpha value is -0.510. The van der Waals surface area contributed by atoms with E-state index in [1.807, 2.05) is 0 Å². The molecule has 1 aromatic carbocycles. The first-order chi connectivity index (χ1) is 9.35. The van der Waals surface area contributed by atoms with E-state index >= 15 is 0 Å². The SMILES string of the molecule is CC(C)CC1(C(Br)c2cc(F)c(F)cc2F)CCCC1. The van der Waals surface area contributed by atoms with Crippen LogP contribution in [0.2, 0.25) is 0 Å². The van der Waals surface area contributed by atoms with Crippen LogP contribution >= 0.6 is 15.9 Å². The summed E-state index contributed by atoms with van der Waals surface area (Å²) in [5, 5.41) is 0. The molecule has 1 saturated carbocycles. The first-order valence-corrected chi connectivity index (χ1v) is 8.06. The van der Waals surface area contributed by atoms with Gasteiger partial charge in [0.1, 0.15) is 5.82 Å². The van der Waals surface area contributed by atoms with Gasteiger partial charge in [-0.25, -0.2) is 13.2 Å². The number of alkyl halides is 1. The molecule has 0 aromatic heterocycles. The van der Waals surface area contributed by atoms with E-state index in [1.54, 1.807) is 0 Å². The summed E-state index contributed by atoms with van der Waals surface area (Å²) < 4.78 is 40.5. The molecule has 0 amide bonds. The van der Waals surface area contributed by atoms with Gasteiger partial charge in [-0.1, -0.05) is 42.6 Å². The van der Waals surface area contributed by atoms with Crippen molar-refractivity contribution in [2.45, 2.75) is 50.8 Å². The van der Waals surface area contributed by atoms with E-state index in [1.165, 1.54) is 0 Å². The average Bonchev–Trinajstić information content (AvgIpc) is 2.81. The summed E-state index contributed by atoms with van der Waals surface area (Å²) >= 11 is 3.58. The molecule has 2 rings (SSSR count). The summed E-state index contributed by atoms with van der Waals surface area (Å²) in [4.78, 5) is -0.269. The van der Waals surface area contributed by atoms with Crippen LogP contribution in [0.5, 0.6) is 0 Å². The molecule has 0 N–H and O–H groups in total. The summed E-state index contributed by atoms with van der Waals surface area (Å²) in [5.41, 5.74) is 0.186. The van der Waals surface area contributed by atoms with Crippen molar-refractivity contribution in [3.8, 4) is 0 Å². The first-order valence-electron chi connectivity index (χ1n) is 7.14. The van der Waals surface area contributed by atoms with Crippen molar-refractivity contribution < 1.29 is 13.2 Å². The molecule has 1 aliphatic carbocycles. The van der Waals surface area contributed by atoms with Crippen LogP contribution in [0, 0.1) is 28.8 Å². The third-order valence-corrected chi connectivity index (χ3v) is 5.73. The molecule has 0 aliphatic heterocycles. The van der Waals surface area contributed by atoms with Crippen molar-refractivity contribution in [1.29, 1.82) is 0 Å². The minimum atomic E-state index is -1.13. The predicted molar refractivity (Wildman–Crippen MR) is 78.3 cm³/mol. The summed E-state index contributed by atoms with van der Waals surface area (Å²) in [6, 6.07) is 1.65. The summed E-state index contributed by atoms with van der Waals surface area (Å²) in [7, 11) is 0. The van der Waals surface area contributed by atoms with Gasteiger partial charge in [0.25, 0.3) is 0 Å². The molecule has 1 aromatic rings. The second-order valence-corrected chi connectivity index (χ2v) is 7.23. The Morgan fingerprint density at radius 3 is 2.15 bits per heavy atom. The second kappa shape index (κ2) is 6.08. The van der Waals surface area contributed by atoms with Crippen LogP contribution in [0.4, 0.5) is 13.2 Å². The highest BCUT2D eigenvalue weighted by atomic mass is 79.9. The van der Waals surface area contributed by atoms with Crippen molar-refractivity contribution in [2.24, 2.45) is 11.3 Å². The van der Waals surface area contributed by atoms with Crippen molar-refractivity contribution in [3.63, 3.8) is 0 Å². The maximum absolute atomic E-state index is 14.0. The van der Waals surface area contributed by atoms with Gasteiger partial charge in [-0.3, -0.25) is 0 Å². The fourth-order valence-electron chi connectivity index (χ4n) is 3.52. The molecule has 20 heavy (non-hydrogen) atoms. The molecule has 1 fully saturated rings. The van der Waals surface area contributed by atoms with Crippen LogP contribution in [-0.4, -0.2) is 0 Å². The van der Waals surface area contributed by atoms with Crippen LogP contribution in [0.1, 0.15) is 56.3 Å². The maximum Gasteiger partial charge on any atom is 0.161 e. The molecule has 0 saturated heterocycles. The molecular formula is C16H20BrF3. The Morgan fingerprint density at radius 2 is 1.60 bits per heavy atom. The number of rotatable bonds is 4. The van der Waals surface area contributed by atoms with Crippen molar-refractivity contribution in [2.75, 3.05) is 0 Å². The Kier molecular flexibility index (Phi) is 4.83. The van der Waals surface area contributed by atoms with Crippen molar-refractivity contribution >= 4 is 15.9 Å². The van der Waals surface area contributed by atoms with Gasteiger partial charge in [0.15, 0.2) is 11.6 Å². The zero-order valence-corrected chi connectivity index (χ0v) is 13.4. The standard InChI is InChI=1S/C16H20BrF3/c1-10(2)9-16(5-3-4-6-16)15(17)11-7-13(19)14(20)8-12(11)18/h7-8,10,15H,3-6,9H2,1-2H3. The third-order valence-electron chi connectivity index (χ3n) is 4.26. The lowest BCUT2D eigenvalue weighted by molar-refractivity contribution is 0.227. The fourth-order valence-corrected chi connectivity index (χ4v) is 4.51. The van der Waals surface area contributed by atoms with Crippen molar-refractivity contribution in [1.82, 2.24) is 0 Å². The summed E-state index contributed by atoms with van der Waals surface area (Å²) in [6.07, 6.45) is 5.18. The maximum atomic E-state index is 14.0. The van der Waals surface area contributed by atoms with Crippen LogP contribution in [-0.2, 0) is 0 Å². The van der Waals surface area contributed by atoms with Gasteiger partial charge in [0, 0.05) is 16.5 Å². The molecule has 112 valence electrons. The van der Waals surface area contributed by atoms with E-state index in [0.29, 0.717) is 12.0 Å². The van der Waals surface area contributed by atoms with Crippen LogP contribution in [0.3, 0.4) is 0 Å². The zero-order chi connectivity index (χ0) is 14.9. The average molecular weight is 349 g/mol. The molecule has 0 bridgehead atoms. The summed E-state index contributed by atoms with van der Waals surface area (Å²) in [6.45, 7) is 4.28. The highest BCUT2D eigenvalue weighted by Gasteiger charge is 2.42. The second-order valence-electron chi connectivity index (χ2n) is 6.32. The highest BCUT2D eigenvalue weighted by molar-refractivity contribution is 9.09. The number of hydrogen-bond acceptors (Lipinski definition) is 0. The molecule has 0 spiro atoms. The van der Waals surface area contributed by atoms with Gasteiger partial charge < -0.3 is 0 Å². The minimum Gasteiger partial charge on any atom is -0.207 e. The topological polar surface area (TPSA) is 0 Å². The minimum absolute atomic E-state index is 0.0563. The van der Waals surface area contributed by atoms with E-state index < -0.39 is 17.5 Å². The predicted octanol–water partition coefficient (Wildman–Crippen LogP) is 6.15. The summed E-state index contributed by atoms with van der Waals surface area (Å²) in [5.74, 6) is -2.29. The van der Waals surface area contributed by atoms with Gasteiger partial charge in [-0.2, -0.15) is 0 Å². The molecule has 4 heteroatoms. The van der Waals surface area contributed by atoms with Gasteiger partial charge in [0.2, 0.25) is 0 Å². The molecule has 1 aliphatic rings. The van der Waals surface area contributed by atoms with E-state index in [9.17, 15) is 13.2 Å². The largest absolute Gasteiger partial charge is 0.207 e. The Morgan fingerprint density at radius 1 is 1.05 bits per heavy atom. The van der Waals surface area contributed by atoms with Crippen LogP contribution in [0.25, 0.3) is 0 Å². The molecule has 0 heterocycles. The van der Waals surface area contributed by atoms with Gasteiger partial charge in [-0.05, 0) is 36.7 Å². The quantitative estimate of drug-likeness (QED) is 0.452. The fraction of sp³-hybridized carbons (Fsp3) is 0.625. The zero-order valence-electron chi connectivity index (χ0n) is 11.9. The molecule has 0 radical (unpaired) electrons.